The molecule has 0 fully saturated rings. The lowest BCUT2D eigenvalue weighted by molar-refractivity contribution is 0.877. The number of benzene rings is 1. The standard InChI is InChI=1S/C14H17N5/c1-10-14(18-7-6-17-10)19(2)9-11-4-3-5-12(8-11)13(15)16/h3-8H,9H2,1-2H3,(H3,15,16). The van der Waals surface area contributed by atoms with Gasteiger partial charge in [0.05, 0.1) is 5.69 Å². The van der Waals surface area contributed by atoms with Crippen molar-refractivity contribution in [3.05, 3.63) is 53.5 Å². The van der Waals surface area contributed by atoms with Crippen molar-refractivity contribution in [3.63, 3.8) is 0 Å². The molecule has 2 aromatic rings. The van der Waals surface area contributed by atoms with E-state index >= 15 is 0 Å². The van der Waals surface area contributed by atoms with Crippen LogP contribution in [0.4, 0.5) is 5.82 Å². The summed E-state index contributed by atoms with van der Waals surface area (Å²) in [6, 6.07) is 7.67. The fourth-order valence-electron chi connectivity index (χ4n) is 1.96. The number of nitrogens with zero attached hydrogens (tertiary/aromatic N) is 3. The third-order valence-electron chi connectivity index (χ3n) is 2.87. The summed E-state index contributed by atoms with van der Waals surface area (Å²) < 4.78 is 0. The summed E-state index contributed by atoms with van der Waals surface area (Å²) in [5, 5.41) is 7.45. The van der Waals surface area contributed by atoms with E-state index in [0.29, 0.717) is 6.54 Å². The first kappa shape index (κ1) is 13.0. The Bertz CT molecular complexity index is 594. The summed E-state index contributed by atoms with van der Waals surface area (Å²) in [5.74, 6) is 0.941. The quantitative estimate of drug-likeness (QED) is 0.644. The Labute approximate surface area is 112 Å². The number of aryl methyl sites for hydroxylation is 1. The van der Waals surface area contributed by atoms with Gasteiger partial charge in [0.1, 0.15) is 11.7 Å². The molecule has 1 aromatic carbocycles. The number of rotatable bonds is 4. The Morgan fingerprint density at radius 3 is 2.74 bits per heavy atom. The first-order valence-electron chi connectivity index (χ1n) is 6.00. The third kappa shape index (κ3) is 3.07. The third-order valence-corrected chi connectivity index (χ3v) is 2.87. The molecule has 0 aliphatic carbocycles. The molecular weight excluding hydrogens is 238 g/mol. The monoisotopic (exact) mass is 255 g/mol. The number of nitrogen functional groups attached to an aromatic ring is 1. The Morgan fingerprint density at radius 1 is 1.32 bits per heavy atom. The summed E-state index contributed by atoms with van der Waals surface area (Å²) >= 11 is 0. The number of aromatic nitrogens is 2. The van der Waals surface area contributed by atoms with Gasteiger partial charge in [0, 0.05) is 31.5 Å². The van der Waals surface area contributed by atoms with E-state index in [1.165, 1.54) is 0 Å². The molecule has 5 nitrogen and oxygen atoms in total. The first-order chi connectivity index (χ1) is 9.08. The van der Waals surface area contributed by atoms with Crippen LogP contribution in [0.1, 0.15) is 16.8 Å². The fraction of sp³-hybridized carbons (Fsp3) is 0.214. The van der Waals surface area contributed by atoms with E-state index in [-0.39, 0.29) is 5.84 Å². The predicted octanol–water partition coefficient (Wildman–Crippen LogP) is 1.71. The zero-order valence-electron chi connectivity index (χ0n) is 11.1. The smallest absolute Gasteiger partial charge is 0.150 e. The van der Waals surface area contributed by atoms with Crippen molar-refractivity contribution >= 4 is 11.7 Å². The molecule has 3 N–H and O–H groups in total. The van der Waals surface area contributed by atoms with Gasteiger partial charge in [-0.05, 0) is 18.6 Å². The van der Waals surface area contributed by atoms with Crippen LogP contribution in [-0.4, -0.2) is 22.9 Å². The maximum atomic E-state index is 7.45. The molecule has 0 amide bonds. The van der Waals surface area contributed by atoms with E-state index in [1.54, 1.807) is 12.4 Å². The number of nitrogens with one attached hydrogen (secondary N) is 1. The molecule has 0 bridgehead atoms. The summed E-state index contributed by atoms with van der Waals surface area (Å²) in [7, 11) is 1.97. The lowest BCUT2D eigenvalue weighted by Crippen LogP contribution is -2.20. The number of hydrogen-bond donors (Lipinski definition) is 2. The number of hydrogen-bond acceptors (Lipinski definition) is 4. The molecule has 19 heavy (non-hydrogen) atoms. The van der Waals surface area contributed by atoms with Gasteiger partial charge in [0.25, 0.3) is 0 Å². The van der Waals surface area contributed by atoms with Crippen LogP contribution >= 0.6 is 0 Å². The largest absolute Gasteiger partial charge is 0.384 e. The molecule has 2 rings (SSSR count). The van der Waals surface area contributed by atoms with Crippen LogP contribution in [0, 0.1) is 12.3 Å². The van der Waals surface area contributed by atoms with Crippen LogP contribution in [0.2, 0.25) is 0 Å². The molecule has 0 spiro atoms. The highest BCUT2D eigenvalue weighted by Crippen LogP contribution is 2.15. The molecular formula is C14H17N5. The highest BCUT2D eigenvalue weighted by atomic mass is 15.2. The van der Waals surface area contributed by atoms with Crippen molar-refractivity contribution < 1.29 is 0 Å². The Hall–Kier alpha value is -2.43. The molecule has 98 valence electrons. The number of amidine groups is 1. The van der Waals surface area contributed by atoms with Crippen LogP contribution < -0.4 is 10.6 Å². The van der Waals surface area contributed by atoms with Gasteiger partial charge in [0.2, 0.25) is 0 Å². The van der Waals surface area contributed by atoms with Crippen LogP contribution in [0.3, 0.4) is 0 Å². The van der Waals surface area contributed by atoms with E-state index in [9.17, 15) is 0 Å². The van der Waals surface area contributed by atoms with Gasteiger partial charge in [-0.15, -0.1) is 0 Å². The molecule has 0 unspecified atom stereocenters. The average Bonchev–Trinajstić information content (AvgIpc) is 2.39. The van der Waals surface area contributed by atoms with E-state index in [1.807, 2.05) is 43.1 Å². The molecule has 5 heteroatoms. The van der Waals surface area contributed by atoms with E-state index in [4.69, 9.17) is 11.1 Å². The summed E-state index contributed by atoms with van der Waals surface area (Å²) in [4.78, 5) is 10.6. The van der Waals surface area contributed by atoms with Crippen LogP contribution in [0.5, 0.6) is 0 Å². The van der Waals surface area contributed by atoms with E-state index < -0.39 is 0 Å². The van der Waals surface area contributed by atoms with Crippen LogP contribution in [0.25, 0.3) is 0 Å². The molecule has 1 heterocycles. The van der Waals surface area contributed by atoms with Crippen molar-refractivity contribution in [2.24, 2.45) is 5.73 Å². The lowest BCUT2D eigenvalue weighted by atomic mass is 10.1. The van der Waals surface area contributed by atoms with Crippen LogP contribution in [-0.2, 0) is 6.54 Å². The Morgan fingerprint density at radius 2 is 2.05 bits per heavy atom. The fourth-order valence-corrected chi connectivity index (χ4v) is 1.96. The predicted molar refractivity (Wildman–Crippen MR) is 76.3 cm³/mol. The summed E-state index contributed by atoms with van der Waals surface area (Å²) in [6.07, 6.45) is 3.37. The minimum Gasteiger partial charge on any atom is -0.384 e. The second-order valence-electron chi connectivity index (χ2n) is 4.44. The molecule has 0 saturated carbocycles. The molecule has 0 radical (unpaired) electrons. The van der Waals surface area contributed by atoms with Crippen molar-refractivity contribution in [2.75, 3.05) is 11.9 Å². The number of anilines is 1. The maximum absolute atomic E-state index is 7.45. The second-order valence-corrected chi connectivity index (χ2v) is 4.44. The molecule has 0 atom stereocenters. The van der Waals surface area contributed by atoms with Gasteiger partial charge in [-0.1, -0.05) is 18.2 Å². The average molecular weight is 255 g/mol. The topological polar surface area (TPSA) is 78.9 Å². The first-order valence-corrected chi connectivity index (χ1v) is 6.00. The van der Waals surface area contributed by atoms with Gasteiger partial charge in [-0.25, -0.2) is 4.98 Å². The lowest BCUT2D eigenvalue weighted by Gasteiger charge is -2.19. The summed E-state index contributed by atoms with van der Waals surface area (Å²) in [5.41, 5.74) is 8.21. The Kier molecular flexibility index (Phi) is 3.75. The van der Waals surface area contributed by atoms with Crippen molar-refractivity contribution in [3.8, 4) is 0 Å². The second kappa shape index (κ2) is 5.48. The highest BCUT2D eigenvalue weighted by Gasteiger charge is 2.08. The molecule has 0 saturated heterocycles. The van der Waals surface area contributed by atoms with Crippen LogP contribution in [0.15, 0.2) is 36.7 Å². The van der Waals surface area contributed by atoms with E-state index in [2.05, 4.69) is 9.97 Å². The van der Waals surface area contributed by atoms with Gasteiger partial charge in [0.15, 0.2) is 0 Å². The van der Waals surface area contributed by atoms with Crippen molar-refractivity contribution in [1.29, 1.82) is 5.41 Å². The zero-order valence-corrected chi connectivity index (χ0v) is 11.1. The Balaban J connectivity index is 2.19. The zero-order chi connectivity index (χ0) is 13.8. The maximum Gasteiger partial charge on any atom is 0.150 e. The minimum absolute atomic E-state index is 0.0835. The normalized spacial score (nSPS) is 10.2. The molecule has 1 aromatic heterocycles. The van der Waals surface area contributed by atoms with Gasteiger partial charge in [-0.3, -0.25) is 10.4 Å². The minimum atomic E-state index is 0.0835. The summed E-state index contributed by atoms with van der Waals surface area (Å²) in [6.45, 7) is 2.63. The van der Waals surface area contributed by atoms with Crippen molar-refractivity contribution in [2.45, 2.75) is 13.5 Å². The van der Waals surface area contributed by atoms with Crippen molar-refractivity contribution in [1.82, 2.24) is 9.97 Å². The SMILES string of the molecule is Cc1nccnc1N(C)Cc1cccc(C(=N)N)c1. The van der Waals surface area contributed by atoms with Gasteiger partial charge < -0.3 is 10.6 Å². The number of nitrogens with two attached hydrogens (primary N) is 1. The van der Waals surface area contributed by atoms with Gasteiger partial charge in [-0.2, -0.15) is 0 Å². The molecule has 0 aliphatic rings. The van der Waals surface area contributed by atoms with Gasteiger partial charge >= 0.3 is 0 Å². The molecule has 0 aliphatic heterocycles. The highest BCUT2D eigenvalue weighted by molar-refractivity contribution is 5.95. The van der Waals surface area contributed by atoms with E-state index in [0.717, 1.165) is 22.6 Å².